The zero-order chi connectivity index (χ0) is 16.8. The van der Waals surface area contributed by atoms with Crippen LogP contribution in [0.3, 0.4) is 0 Å². The molecule has 122 valence electrons. The molecule has 0 spiro atoms. The fourth-order valence-electron chi connectivity index (χ4n) is 2.56. The molecule has 0 aliphatic carbocycles. The van der Waals surface area contributed by atoms with E-state index in [-0.39, 0.29) is 6.17 Å². The smallest absolute Gasteiger partial charge is 0.116 e. The summed E-state index contributed by atoms with van der Waals surface area (Å²) in [6.45, 7) is 10.7. The second-order valence-corrected chi connectivity index (χ2v) is 6.16. The van der Waals surface area contributed by atoms with Crippen LogP contribution in [0.4, 0.5) is 0 Å². The Kier molecular flexibility index (Phi) is 5.94. The van der Waals surface area contributed by atoms with Gasteiger partial charge in [-0.1, -0.05) is 54.6 Å². The summed E-state index contributed by atoms with van der Waals surface area (Å²) in [6, 6.07) is 7.97. The SMILES string of the molecule is C=C/C(=C\C(=C)C)CC1NC(NC)=CN1Cc1ccc(Cl)cc1. The molecule has 0 saturated heterocycles. The van der Waals surface area contributed by atoms with E-state index >= 15 is 0 Å². The average Bonchev–Trinajstić information content (AvgIpc) is 2.90. The van der Waals surface area contributed by atoms with Gasteiger partial charge in [-0.2, -0.15) is 0 Å². The molecule has 1 aliphatic rings. The highest BCUT2D eigenvalue weighted by atomic mass is 35.5. The van der Waals surface area contributed by atoms with E-state index in [2.05, 4.69) is 53.1 Å². The van der Waals surface area contributed by atoms with Crippen molar-refractivity contribution in [1.82, 2.24) is 15.5 Å². The van der Waals surface area contributed by atoms with Crippen molar-refractivity contribution >= 4 is 11.6 Å². The number of hydrogen-bond acceptors (Lipinski definition) is 3. The van der Waals surface area contributed by atoms with Gasteiger partial charge in [0.05, 0.1) is 0 Å². The molecule has 0 aromatic heterocycles. The molecule has 1 unspecified atom stereocenters. The predicted octanol–water partition coefficient (Wildman–Crippen LogP) is 4.17. The second-order valence-electron chi connectivity index (χ2n) is 5.73. The maximum atomic E-state index is 5.96. The van der Waals surface area contributed by atoms with Crippen molar-refractivity contribution in [2.75, 3.05) is 7.05 Å². The molecule has 1 aromatic rings. The van der Waals surface area contributed by atoms with Crippen LogP contribution in [-0.4, -0.2) is 18.1 Å². The van der Waals surface area contributed by atoms with Gasteiger partial charge in [-0.05, 0) is 30.2 Å². The molecule has 0 amide bonds. The van der Waals surface area contributed by atoms with Crippen LogP contribution in [-0.2, 0) is 6.54 Å². The lowest BCUT2D eigenvalue weighted by Gasteiger charge is -2.26. The molecule has 0 fully saturated rings. The number of benzene rings is 1. The number of allylic oxidation sites excluding steroid dienone is 3. The molecule has 0 saturated carbocycles. The molecule has 1 aromatic carbocycles. The van der Waals surface area contributed by atoms with Gasteiger partial charge in [0.15, 0.2) is 0 Å². The van der Waals surface area contributed by atoms with Gasteiger partial charge in [-0.3, -0.25) is 0 Å². The van der Waals surface area contributed by atoms with Gasteiger partial charge in [0.2, 0.25) is 0 Å². The van der Waals surface area contributed by atoms with Crippen LogP contribution < -0.4 is 10.6 Å². The van der Waals surface area contributed by atoms with E-state index in [1.54, 1.807) is 0 Å². The highest BCUT2D eigenvalue weighted by Crippen LogP contribution is 2.21. The van der Waals surface area contributed by atoms with Crippen LogP contribution in [0.25, 0.3) is 0 Å². The molecule has 2 rings (SSSR count). The Morgan fingerprint density at radius 1 is 1.39 bits per heavy atom. The first-order valence-electron chi connectivity index (χ1n) is 7.66. The molecule has 1 heterocycles. The molecule has 1 atom stereocenters. The Balaban J connectivity index is 2.13. The number of nitrogens with zero attached hydrogens (tertiary/aromatic N) is 1. The molecule has 3 nitrogen and oxygen atoms in total. The summed E-state index contributed by atoms with van der Waals surface area (Å²) in [7, 11) is 1.92. The van der Waals surface area contributed by atoms with E-state index in [9.17, 15) is 0 Å². The minimum atomic E-state index is 0.178. The zero-order valence-electron chi connectivity index (χ0n) is 13.8. The summed E-state index contributed by atoms with van der Waals surface area (Å²) in [4.78, 5) is 2.28. The number of nitrogens with one attached hydrogen (secondary N) is 2. The highest BCUT2D eigenvalue weighted by molar-refractivity contribution is 6.30. The lowest BCUT2D eigenvalue weighted by atomic mass is 10.1. The average molecular weight is 330 g/mol. The Labute approximate surface area is 144 Å². The van der Waals surface area contributed by atoms with E-state index < -0.39 is 0 Å². The van der Waals surface area contributed by atoms with E-state index in [0.717, 1.165) is 29.4 Å². The third-order valence-corrected chi connectivity index (χ3v) is 3.94. The van der Waals surface area contributed by atoms with Crippen LogP contribution in [0.5, 0.6) is 0 Å². The summed E-state index contributed by atoms with van der Waals surface area (Å²) in [6.07, 6.45) is 7.12. The van der Waals surface area contributed by atoms with Crippen LogP contribution in [0.1, 0.15) is 18.9 Å². The van der Waals surface area contributed by atoms with Crippen molar-refractivity contribution in [3.05, 3.63) is 83.3 Å². The normalized spacial score (nSPS) is 17.5. The van der Waals surface area contributed by atoms with Crippen LogP contribution >= 0.6 is 11.6 Å². The Bertz CT molecular complexity index is 629. The first kappa shape index (κ1) is 17.2. The van der Waals surface area contributed by atoms with Crippen molar-refractivity contribution in [3.63, 3.8) is 0 Å². The van der Waals surface area contributed by atoms with Crippen LogP contribution in [0.2, 0.25) is 5.02 Å². The van der Waals surface area contributed by atoms with Gasteiger partial charge in [0.25, 0.3) is 0 Å². The van der Waals surface area contributed by atoms with E-state index in [0.29, 0.717) is 0 Å². The number of halogens is 1. The van der Waals surface area contributed by atoms with Gasteiger partial charge >= 0.3 is 0 Å². The molecule has 2 N–H and O–H groups in total. The second kappa shape index (κ2) is 7.93. The molecule has 1 aliphatic heterocycles. The van der Waals surface area contributed by atoms with Crippen molar-refractivity contribution < 1.29 is 0 Å². The molecular formula is C19H24ClN3. The lowest BCUT2D eigenvalue weighted by Crippen LogP contribution is -2.37. The minimum Gasteiger partial charge on any atom is -0.374 e. The molecule has 4 heteroatoms. The van der Waals surface area contributed by atoms with Crippen molar-refractivity contribution in [3.8, 4) is 0 Å². The Morgan fingerprint density at radius 3 is 2.65 bits per heavy atom. The predicted molar refractivity (Wildman–Crippen MR) is 98.8 cm³/mol. The first-order chi connectivity index (χ1) is 11.0. The van der Waals surface area contributed by atoms with Gasteiger partial charge in [-0.25, -0.2) is 0 Å². The van der Waals surface area contributed by atoms with Gasteiger partial charge in [-0.15, -0.1) is 0 Å². The van der Waals surface area contributed by atoms with Crippen molar-refractivity contribution in [2.45, 2.75) is 26.1 Å². The maximum Gasteiger partial charge on any atom is 0.116 e. The summed E-state index contributed by atoms with van der Waals surface area (Å²) in [5.74, 6) is 1.02. The van der Waals surface area contributed by atoms with E-state index in [4.69, 9.17) is 11.6 Å². The topological polar surface area (TPSA) is 27.3 Å². The lowest BCUT2D eigenvalue weighted by molar-refractivity contribution is 0.268. The fraction of sp³-hybridized carbons (Fsp3) is 0.263. The summed E-state index contributed by atoms with van der Waals surface area (Å²) >= 11 is 5.96. The summed E-state index contributed by atoms with van der Waals surface area (Å²) < 4.78 is 0. The third-order valence-electron chi connectivity index (χ3n) is 3.69. The number of hydrogen-bond donors (Lipinski definition) is 2. The summed E-state index contributed by atoms with van der Waals surface area (Å²) in [5.41, 5.74) is 3.42. The highest BCUT2D eigenvalue weighted by Gasteiger charge is 2.23. The Morgan fingerprint density at radius 2 is 2.09 bits per heavy atom. The van der Waals surface area contributed by atoms with Crippen molar-refractivity contribution in [2.24, 2.45) is 0 Å². The van der Waals surface area contributed by atoms with Gasteiger partial charge < -0.3 is 15.5 Å². The standard InChI is InChI=1S/C19H24ClN3/c1-5-15(10-14(2)3)11-19-22-18(21-4)13-23(19)12-16-6-8-17(20)9-7-16/h5-10,13,19,21-22H,1-2,11-12H2,3-4H3/b15-10+. The van der Waals surface area contributed by atoms with Gasteiger partial charge in [0, 0.05) is 31.2 Å². The Hall–Kier alpha value is -2.13. The molecule has 23 heavy (non-hydrogen) atoms. The molecule has 0 radical (unpaired) electrons. The monoisotopic (exact) mass is 329 g/mol. The van der Waals surface area contributed by atoms with Gasteiger partial charge in [0.1, 0.15) is 12.0 Å². The molecule has 0 bridgehead atoms. The minimum absolute atomic E-state index is 0.178. The van der Waals surface area contributed by atoms with Crippen LogP contribution in [0.15, 0.2) is 72.7 Å². The maximum absolute atomic E-state index is 5.96. The molecular weight excluding hydrogens is 306 g/mol. The summed E-state index contributed by atoms with van der Waals surface area (Å²) in [5, 5.41) is 7.43. The quantitative estimate of drug-likeness (QED) is 0.735. The van der Waals surface area contributed by atoms with E-state index in [1.807, 2.05) is 32.2 Å². The third kappa shape index (κ3) is 4.93. The largest absolute Gasteiger partial charge is 0.374 e. The van der Waals surface area contributed by atoms with Crippen LogP contribution in [0, 0.1) is 0 Å². The number of rotatable bonds is 7. The van der Waals surface area contributed by atoms with Crippen molar-refractivity contribution in [1.29, 1.82) is 0 Å². The van der Waals surface area contributed by atoms with E-state index in [1.165, 1.54) is 11.1 Å². The zero-order valence-corrected chi connectivity index (χ0v) is 14.5. The first-order valence-corrected chi connectivity index (χ1v) is 8.04. The fourth-order valence-corrected chi connectivity index (χ4v) is 2.68.